The summed E-state index contributed by atoms with van der Waals surface area (Å²) in [6, 6.07) is 4.78. The number of anilines is 1. The summed E-state index contributed by atoms with van der Waals surface area (Å²) < 4.78 is 1.37. The maximum Gasteiger partial charge on any atom is 0.292 e. The molecule has 0 spiro atoms. The Morgan fingerprint density at radius 3 is 2.86 bits per heavy atom. The third-order valence-corrected chi connectivity index (χ3v) is 4.25. The van der Waals surface area contributed by atoms with Gasteiger partial charge in [0.2, 0.25) is 4.96 Å². The highest BCUT2D eigenvalue weighted by Crippen LogP contribution is 2.25. The first-order valence-corrected chi connectivity index (χ1v) is 7.22. The van der Waals surface area contributed by atoms with E-state index < -0.39 is 5.56 Å². The highest BCUT2D eigenvalue weighted by atomic mass is 35.5. The molecular weight excluding hydrogens is 335 g/mol. The Hall–Kier alpha value is -1.96. The van der Waals surface area contributed by atoms with E-state index in [1.54, 1.807) is 18.2 Å². The van der Waals surface area contributed by atoms with Crippen molar-refractivity contribution in [1.29, 1.82) is 0 Å². The minimum atomic E-state index is -0.451. The van der Waals surface area contributed by atoms with E-state index >= 15 is 0 Å². The standard InChI is InChI=1S/C12H6Cl2N4O2S/c13-7-2-1-6(3-8(7)14)16-11(20)9-5-18-12(21-9)17-10(19)4-15-18/h1-5H,(H,16,20). The number of carbonyl (C=O) groups excluding carboxylic acids is 1. The second kappa shape index (κ2) is 5.44. The molecule has 0 radical (unpaired) electrons. The number of nitrogens with one attached hydrogen (secondary N) is 1. The van der Waals surface area contributed by atoms with Crippen LogP contribution in [-0.2, 0) is 0 Å². The minimum Gasteiger partial charge on any atom is -0.321 e. The van der Waals surface area contributed by atoms with Crippen molar-refractivity contribution in [3.8, 4) is 0 Å². The fourth-order valence-corrected chi connectivity index (χ4v) is 2.72. The molecule has 9 heteroatoms. The quantitative estimate of drug-likeness (QED) is 0.778. The fraction of sp³-hybridized carbons (Fsp3) is 0. The summed E-state index contributed by atoms with van der Waals surface area (Å²) in [6.45, 7) is 0. The fourth-order valence-electron chi connectivity index (χ4n) is 1.60. The molecule has 1 aromatic carbocycles. The Balaban J connectivity index is 1.89. The molecule has 0 saturated carbocycles. The highest BCUT2D eigenvalue weighted by molar-refractivity contribution is 7.18. The number of thiazole rings is 1. The Labute approximate surface area is 132 Å². The van der Waals surface area contributed by atoms with Crippen LogP contribution in [0.3, 0.4) is 0 Å². The predicted octanol–water partition coefficient (Wildman–Crippen LogP) is 2.71. The molecule has 0 unspecified atom stereocenters. The van der Waals surface area contributed by atoms with E-state index in [0.29, 0.717) is 25.6 Å². The van der Waals surface area contributed by atoms with Gasteiger partial charge in [0.15, 0.2) is 0 Å². The third kappa shape index (κ3) is 2.90. The van der Waals surface area contributed by atoms with Crippen LogP contribution in [0.1, 0.15) is 9.67 Å². The summed E-state index contributed by atoms with van der Waals surface area (Å²) in [7, 11) is 0. The summed E-state index contributed by atoms with van der Waals surface area (Å²) in [5.74, 6) is -0.349. The molecule has 0 saturated heterocycles. The highest BCUT2D eigenvalue weighted by Gasteiger charge is 2.12. The SMILES string of the molecule is O=C(Nc1ccc(Cl)c(Cl)c1)c1cn2ncc(=O)nc2s1. The monoisotopic (exact) mass is 340 g/mol. The Kier molecular flexibility index (Phi) is 3.62. The van der Waals surface area contributed by atoms with E-state index in [1.165, 1.54) is 10.7 Å². The van der Waals surface area contributed by atoms with Gasteiger partial charge in [-0.1, -0.05) is 34.5 Å². The summed E-state index contributed by atoms with van der Waals surface area (Å²) in [6.07, 6.45) is 2.58. The van der Waals surface area contributed by atoms with Crippen LogP contribution in [0.4, 0.5) is 5.69 Å². The van der Waals surface area contributed by atoms with Crippen LogP contribution in [0.15, 0.2) is 35.4 Å². The summed E-state index contributed by atoms with van der Waals surface area (Å²) in [5, 5.41) is 7.29. The number of benzene rings is 1. The average molecular weight is 341 g/mol. The van der Waals surface area contributed by atoms with Gasteiger partial charge in [-0.15, -0.1) is 0 Å². The summed E-state index contributed by atoms with van der Waals surface area (Å²) in [5.41, 5.74) is 0.0654. The van der Waals surface area contributed by atoms with Gasteiger partial charge in [-0.3, -0.25) is 9.59 Å². The number of nitrogens with zero attached hydrogens (tertiary/aromatic N) is 3. The number of carbonyl (C=O) groups is 1. The zero-order chi connectivity index (χ0) is 15.0. The first-order chi connectivity index (χ1) is 10.0. The molecule has 6 nitrogen and oxygen atoms in total. The van der Waals surface area contributed by atoms with Gasteiger partial charge < -0.3 is 5.32 Å². The molecule has 21 heavy (non-hydrogen) atoms. The van der Waals surface area contributed by atoms with Crippen molar-refractivity contribution >= 4 is 51.1 Å². The van der Waals surface area contributed by atoms with Crippen molar-refractivity contribution < 1.29 is 4.79 Å². The van der Waals surface area contributed by atoms with Crippen molar-refractivity contribution in [1.82, 2.24) is 14.6 Å². The molecule has 0 atom stereocenters. The van der Waals surface area contributed by atoms with Crippen LogP contribution in [-0.4, -0.2) is 20.5 Å². The molecule has 1 amide bonds. The molecule has 3 aromatic rings. The Bertz CT molecular complexity index is 906. The van der Waals surface area contributed by atoms with E-state index in [0.717, 1.165) is 17.5 Å². The molecule has 2 aromatic heterocycles. The van der Waals surface area contributed by atoms with Gasteiger partial charge in [0.25, 0.3) is 11.5 Å². The number of hydrogen-bond donors (Lipinski definition) is 1. The van der Waals surface area contributed by atoms with E-state index in [4.69, 9.17) is 23.2 Å². The van der Waals surface area contributed by atoms with Gasteiger partial charge >= 0.3 is 0 Å². The Morgan fingerprint density at radius 1 is 1.29 bits per heavy atom. The zero-order valence-electron chi connectivity index (χ0n) is 10.2. The lowest BCUT2D eigenvalue weighted by Crippen LogP contribution is -2.10. The second-order valence-electron chi connectivity index (χ2n) is 4.00. The molecule has 0 bridgehead atoms. The van der Waals surface area contributed by atoms with E-state index in [9.17, 15) is 9.59 Å². The number of hydrogen-bond acceptors (Lipinski definition) is 5. The lowest BCUT2D eigenvalue weighted by molar-refractivity contribution is 0.103. The van der Waals surface area contributed by atoms with Gasteiger partial charge in [-0.2, -0.15) is 10.1 Å². The average Bonchev–Trinajstić information content (AvgIpc) is 2.86. The van der Waals surface area contributed by atoms with Crippen LogP contribution >= 0.6 is 34.5 Å². The molecular formula is C12H6Cl2N4O2S. The Morgan fingerprint density at radius 2 is 2.10 bits per heavy atom. The third-order valence-electron chi connectivity index (χ3n) is 2.54. The predicted molar refractivity (Wildman–Crippen MR) is 81.5 cm³/mol. The molecule has 0 aliphatic rings. The van der Waals surface area contributed by atoms with Crippen molar-refractivity contribution in [3.05, 3.63) is 55.9 Å². The first-order valence-electron chi connectivity index (χ1n) is 5.65. The number of aromatic nitrogens is 3. The van der Waals surface area contributed by atoms with Gasteiger partial charge in [0.05, 0.1) is 16.2 Å². The van der Waals surface area contributed by atoms with Crippen molar-refractivity contribution in [2.24, 2.45) is 0 Å². The van der Waals surface area contributed by atoms with E-state index in [2.05, 4.69) is 15.4 Å². The molecule has 3 rings (SSSR count). The van der Waals surface area contributed by atoms with Gasteiger partial charge in [0, 0.05) is 5.69 Å². The topological polar surface area (TPSA) is 76.4 Å². The van der Waals surface area contributed by atoms with Crippen molar-refractivity contribution in [3.63, 3.8) is 0 Å². The lowest BCUT2D eigenvalue weighted by atomic mass is 10.3. The normalized spacial score (nSPS) is 10.8. The number of rotatable bonds is 2. The van der Waals surface area contributed by atoms with Crippen LogP contribution in [0.2, 0.25) is 10.0 Å². The van der Waals surface area contributed by atoms with E-state index in [1.807, 2.05) is 0 Å². The van der Waals surface area contributed by atoms with Crippen molar-refractivity contribution in [2.75, 3.05) is 5.32 Å². The van der Waals surface area contributed by atoms with Gasteiger partial charge in [-0.05, 0) is 18.2 Å². The molecule has 0 aliphatic carbocycles. The smallest absolute Gasteiger partial charge is 0.292 e. The second-order valence-corrected chi connectivity index (χ2v) is 5.82. The van der Waals surface area contributed by atoms with Gasteiger partial charge in [-0.25, -0.2) is 4.52 Å². The van der Waals surface area contributed by atoms with Crippen molar-refractivity contribution in [2.45, 2.75) is 0 Å². The number of halogens is 2. The molecule has 2 heterocycles. The lowest BCUT2D eigenvalue weighted by Gasteiger charge is -2.04. The first kappa shape index (κ1) is 14.0. The molecule has 1 N–H and O–H groups in total. The van der Waals surface area contributed by atoms with Crippen LogP contribution < -0.4 is 10.9 Å². The summed E-state index contributed by atoms with van der Waals surface area (Å²) in [4.78, 5) is 27.7. The zero-order valence-corrected chi connectivity index (χ0v) is 12.5. The number of fused-ring (bicyclic) bond motifs is 1. The minimum absolute atomic E-state index is 0.347. The molecule has 106 valence electrons. The molecule has 0 fully saturated rings. The summed E-state index contributed by atoms with van der Waals surface area (Å²) >= 11 is 12.8. The van der Waals surface area contributed by atoms with Gasteiger partial charge in [0.1, 0.15) is 11.1 Å². The van der Waals surface area contributed by atoms with Crippen LogP contribution in [0, 0.1) is 0 Å². The largest absolute Gasteiger partial charge is 0.321 e. The number of amides is 1. The maximum absolute atomic E-state index is 12.1. The van der Waals surface area contributed by atoms with Crippen LogP contribution in [0.25, 0.3) is 4.96 Å². The molecule has 0 aliphatic heterocycles. The van der Waals surface area contributed by atoms with E-state index in [-0.39, 0.29) is 5.91 Å². The maximum atomic E-state index is 12.1. The van der Waals surface area contributed by atoms with Crippen LogP contribution in [0.5, 0.6) is 0 Å².